The zero-order chi connectivity index (χ0) is 10.7. The Morgan fingerprint density at radius 2 is 1.64 bits per heavy atom. The number of hydrogen-bond donors (Lipinski definition) is 0. The summed E-state index contributed by atoms with van der Waals surface area (Å²) in [6.07, 6.45) is 1.79. The van der Waals surface area contributed by atoms with Gasteiger partial charge in [0.25, 0.3) is 0 Å². The molecule has 0 aliphatic heterocycles. The molecule has 0 heterocycles. The molecule has 0 fully saturated rings. The summed E-state index contributed by atoms with van der Waals surface area (Å²) in [6, 6.07) is 3.25. The Bertz CT molecular complexity index is 335. The molecular weight excluding hydrogens is 240 g/mol. The van der Waals surface area contributed by atoms with E-state index in [4.69, 9.17) is 34.8 Å². The SMILES string of the molecule is CC(C)C=Nc1c(Cl)cc(Cl)cc1Cl. The lowest BCUT2D eigenvalue weighted by Gasteiger charge is -2.02. The molecule has 0 radical (unpaired) electrons. The summed E-state index contributed by atoms with van der Waals surface area (Å²) in [5.41, 5.74) is 0.575. The molecule has 4 heteroatoms. The molecule has 0 N–H and O–H groups in total. The highest BCUT2D eigenvalue weighted by atomic mass is 35.5. The summed E-state index contributed by atoms with van der Waals surface area (Å²) in [6.45, 7) is 4.06. The van der Waals surface area contributed by atoms with E-state index in [9.17, 15) is 0 Å². The van der Waals surface area contributed by atoms with Crippen LogP contribution in [-0.2, 0) is 0 Å². The van der Waals surface area contributed by atoms with Crippen LogP contribution in [0, 0.1) is 5.92 Å². The Morgan fingerprint density at radius 3 is 2.07 bits per heavy atom. The quantitative estimate of drug-likeness (QED) is 0.655. The fourth-order valence-corrected chi connectivity index (χ4v) is 1.80. The normalized spacial score (nSPS) is 11.6. The summed E-state index contributed by atoms with van der Waals surface area (Å²) in [4.78, 5) is 4.20. The number of aliphatic imine (C=N–C) groups is 1. The molecule has 14 heavy (non-hydrogen) atoms. The number of halogens is 3. The predicted octanol–water partition coefficient (Wildman–Crippen LogP) is 5.01. The van der Waals surface area contributed by atoms with Crippen molar-refractivity contribution in [2.24, 2.45) is 10.9 Å². The van der Waals surface area contributed by atoms with Crippen molar-refractivity contribution in [1.82, 2.24) is 0 Å². The first-order valence-electron chi connectivity index (χ1n) is 4.19. The van der Waals surface area contributed by atoms with Crippen molar-refractivity contribution in [2.75, 3.05) is 0 Å². The molecule has 0 aromatic heterocycles. The van der Waals surface area contributed by atoms with Crippen molar-refractivity contribution in [1.29, 1.82) is 0 Å². The lowest BCUT2D eigenvalue weighted by atomic mass is 10.2. The first kappa shape index (κ1) is 11.8. The largest absolute Gasteiger partial charge is 0.258 e. The highest BCUT2D eigenvalue weighted by molar-refractivity contribution is 6.41. The second-order valence-corrected chi connectivity index (χ2v) is 4.49. The third-order valence-electron chi connectivity index (χ3n) is 1.48. The predicted molar refractivity (Wildman–Crippen MR) is 64.5 cm³/mol. The molecule has 1 nitrogen and oxygen atoms in total. The van der Waals surface area contributed by atoms with E-state index in [1.807, 2.05) is 13.8 Å². The molecule has 0 aliphatic rings. The Hall–Kier alpha value is -0.240. The molecule has 0 aliphatic carbocycles. The van der Waals surface area contributed by atoms with Gasteiger partial charge in [-0.3, -0.25) is 4.99 Å². The topological polar surface area (TPSA) is 12.4 Å². The van der Waals surface area contributed by atoms with Gasteiger partial charge in [-0.2, -0.15) is 0 Å². The molecule has 0 saturated heterocycles. The molecule has 1 aromatic carbocycles. The van der Waals surface area contributed by atoms with Gasteiger partial charge in [0.2, 0.25) is 0 Å². The van der Waals surface area contributed by atoms with E-state index in [1.54, 1.807) is 18.3 Å². The van der Waals surface area contributed by atoms with Crippen molar-refractivity contribution < 1.29 is 0 Å². The summed E-state index contributed by atoms with van der Waals surface area (Å²) >= 11 is 17.6. The summed E-state index contributed by atoms with van der Waals surface area (Å²) in [5, 5.41) is 1.46. The van der Waals surface area contributed by atoms with Crippen LogP contribution >= 0.6 is 34.8 Å². The standard InChI is InChI=1S/C10H10Cl3N/c1-6(2)5-14-10-8(12)3-7(11)4-9(10)13/h3-6H,1-2H3. The van der Waals surface area contributed by atoms with Crippen LogP contribution < -0.4 is 0 Å². The van der Waals surface area contributed by atoms with Gasteiger partial charge in [0, 0.05) is 11.2 Å². The van der Waals surface area contributed by atoms with Crippen molar-refractivity contribution in [3.05, 3.63) is 27.2 Å². The zero-order valence-electron chi connectivity index (χ0n) is 7.89. The lowest BCUT2D eigenvalue weighted by Crippen LogP contribution is -1.86. The summed E-state index contributed by atoms with van der Waals surface area (Å²) < 4.78 is 0. The third-order valence-corrected chi connectivity index (χ3v) is 2.28. The van der Waals surface area contributed by atoms with Crippen LogP contribution in [-0.4, -0.2) is 6.21 Å². The Labute approximate surface area is 98.7 Å². The molecule has 76 valence electrons. The van der Waals surface area contributed by atoms with Gasteiger partial charge in [0.1, 0.15) is 0 Å². The van der Waals surface area contributed by atoms with E-state index in [0.717, 1.165) is 0 Å². The summed E-state index contributed by atoms with van der Waals surface area (Å²) in [5.74, 6) is 0.359. The van der Waals surface area contributed by atoms with E-state index < -0.39 is 0 Å². The molecule has 1 aromatic rings. The van der Waals surface area contributed by atoms with Gasteiger partial charge in [-0.25, -0.2) is 0 Å². The molecule has 0 spiro atoms. The smallest absolute Gasteiger partial charge is 0.0999 e. The van der Waals surface area contributed by atoms with Gasteiger partial charge in [-0.15, -0.1) is 0 Å². The minimum absolute atomic E-state index is 0.359. The van der Waals surface area contributed by atoms with Crippen molar-refractivity contribution >= 4 is 46.7 Å². The van der Waals surface area contributed by atoms with Gasteiger partial charge < -0.3 is 0 Å². The minimum atomic E-state index is 0.359. The summed E-state index contributed by atoms with van der Waals surface area (Å²) in [7, 11) is 0. The molecule has 0 saturated carbocycles. The maximum absolute atomic E-state index is 5.94. The molecular formula is C10H10Cl3N. The molecule has 0 amide bonds. The van der Waals surface area contributed by atoms with E-state index in [-0.39, 0.29) is 0 Å². The van der Waals surface area contributed by atoms with E-state index >= 15 is 0 Å². The lowest BCUT2D eigenvalue weighted by molar-refractivity contribution is 0.907. The average Bonchev–Trinajstić information content (AvgIpc) is 2.01. The van der Waals surface area contributed by atoms with Crippen molar-refractivity contribution in [3.8, 4) is 0 Å². The highest BCUT2D eigenvalue weighted by Crippen LogP contribution is 2.35. The number of nitrogens with zero attached hydrogens (tertiary/aromatic N) is 1. The first-order chi connectivity index (χ1) is 6.50. The maximum Gasteiger partial charge on any atom is 0.0999 e. The van der Waals surface area contributed by atoms with Crippen LogP contribution in [0.4, 0.5) is 5.69 Å². The second kappa shape index (κ2) is 5.01. The zero-order valence-corrected chi connectivity index (χ0v) is 10.2. The van der Waals surface area contributed by atoms with Gasteiger partial charge in [0.05, 0.1) is 15.7 Å². The van der Waals surface area contributed by atoms with Gasteiger partial charge in [-0.1, -0.05) is 48.7 Å². The Kier molecular flexibility index (Phi) is 4.24. The molecule has 0 unspecified atom stereocenters. The fraction of sp³-hybridized carbons (Fsp3) is 0.300. The Morgan fingerprint density at radius 1 is 1.14 bits per heavy atom. The minimum Gasteiger partial charge on any atom is -0.258 e. The van der Waals surface area contributed by atoms with Crippen molar-refractivity contribution in [3.63, 3.8) is 0 Å². The number of rotatable bonds is 2. The van der Waals surface area contributed by atoms with E-state index in [1.165, 1.54) is 0 Å². The monoisotopic (exact) mass is 249 g/mol. The van der Waals surface area contributed by atoms with Crippen LogP contribution in [0.1, 0.15) is 13.8 Å². The van der Waals surface area contributed by atoms with Crippen LogP contribution in [0.15, 0.2) is 17.1 Å². The van der Waals surface area contributed by atoms with Crippen LogP contribution in [0.3, 0.4) is 0 Å². The van der Waals surface area contributed by atoms with E-state index in [2.05, 4.69) is 4.99 Å². The molecule has 1 rings (SSSR count). The van der Waals surface area contributed by atoms with Crippen LogP contribution in [0.2, 0.25) is 15.1 Å². The van der Waals surface area contributed by atoms with Gasteiger partial charge in [0.15, 0.2) is 0 Å². The van der Waals surface area contributed by atoms with E-state index in [0.29, 0.717) is 26.7 Å². The van der Waals surface area contributed by atoms with Gasteiger partial charge >= 0.3 is 0 Å². The average molecular weight is 251 g/mol. The highest BCUT2D eigenvalue weighted by Gasteiger charge is 2.05. The van der Waals surface area contributed by atoms with Crippen molar-refractivity contribution in [2.45, 2.75) is 13.8 Å². The number of benzene rings is 1. The van der Waals surface area contributed by atoms with Crippen LogP contribution in [0.5, 0.6) is 0 Å². The van der Waals surface area contributed by atoms with Gasteiger partial charge in [-0.05, 0) is 18.1 Å². The molecule has 0 bridgehead atoms. The fourth-order valence-electron chi connectivity index (χ4n) is 0.882. The van der Waals surface area contributed by atoms with Crippen LogP contribution in [0.25, 0.3) is 0 Å². The number of hydrogen-bond acceptors (Lipinski definition) is 1. The maximum atomic E-state index is 5.94. The third kappa shape index (κ3) is 3.16. The second-order valence-electron chi connectivity index (χ2n) is 3.24. The first-order valence-corrected chi connectivity index (χ1v) is 5.33. The Balaban J connectivity index is 3.09. The molecule has 0 atom stereocenters.